The second-order valence-corrected chi connectivity index (χ2v) is 5.56. The number of carbonyl (C=O) groups excluding carboxylic acids is 1. The predicted molar refractivity (Wildman–Crippen MR) is 83.8 cm³/mol. The van der Waals surface area contributed by atoms with Crippen LogP contribution in [0.5, 0.6) is 17.2 Å². The fraction of sp³-hybridized carbons (Fsp3) is 0.562. The lowest BCUT2D eigenvalue weighted by Crippen LogP contribution is -2.34. The summed E-state index contributed by atoms with van der Waals surface area (Å²) in [5.74, 6) is 1.76. The van der Waals surface area contributed by atoms with E-state index in [1.807, 2.05) is 11.8 Å². The van der Waals surface area contributed by atoms with Gasteiger partial charge in [0.2, 0.25) is 5.75 Å². The average Bonchev–Trinajstić information content (AvgIpc) is 2.93. The minimum atomic E-state index is -0.0392. The molecule has 2 unspecified atom stereocenters. The van der Waals surface area contributed by atoms with Crippen molar-refractivity contribution in [2.45, 2.75) is 19.4 Å². The summed E-state index contributed by atoms with van der Waals surface area (Å²) in [7, 11) is 4.61. The Balaban J connectivity index is 2.34. The molecule has 122 valence electrons. The van der Waals surface area contributed by atoms with E-state index < -0.39 is 0 Å². The van der Waals surface area contributed by atoms with E-state index >= 15 is 0 Å². The summed E-state index contributed by atoms with van der Waals surface area (Å²) in [4.78, 5) is 14.6. The number of rotatable bonds is 5. The highest BCUT2D eigenvalue weighted by molar-refractivity contribution is 5.96. The number of likely N-dealkylation sites (tertiary alicyclic amines) is 1. The highest BCUT2D eigenvalue weighted by Crippen LogP contribution is 2.39. The first-order chi connectivity index (χ1) is 10.5. The lowest BCUT2D eigenvalue weighted by molar-refractivity contribution is 0.0742. The lowest BCUT2D eigenvalue weighted by atomic mass is 10.1. The van der Waals surface area contributed by atoms with Gasteiger partial charge in [0.15, 0.2) is 11.5 Å². The van der Waals surface area contributed by atoms with Crippen molar-refractivity contribution in [1.29, 1.82) is 0 Å². The minimum Gasteiger partial charge on any atom is -0.493 e. The number of benzene rings is 1. The van der Waals surface area contributed by atoms with E-state index in [-0.39, 0.29) is 11.9 Å². The standard InChI is InChI=1S/C16H24N2O4/c1-10-5-11(8-17)9-18(10)16(19)12-6-13(20-2)15(22-4)14(7-12)21-3/h6-7,10-11H,5,8-9,17H2,1-4H3. The van der Waals surface area contributed by atoms with Gasteiger partial charge in [0.1, 0.15) is 0 Å². The van der Waals surface area contributed by atoms with Crippen molar-refractivity contribution in [2.24, 2.45) is 11.7 Å². The van der Waals surface area contributed by atoms with Crippen LogP contribution in [0, 0.1) is 5.92 Å². The fourth-order valence-electron chi connectivity index (χ4n) is 2.97. The zero-order chi connectivity index (χ0) is 16.3. The van der Waals surface area contributed by atoms with Crippen LogP contribution in [0.25, 0.3) is 0 Å². The van der Waals surface area contributed by atoms with Gasteiger partial charge < -0.3 is 24.8 Å². The maximum Gasteiger partial charge on any atom is 0.254 e. The van der Waals surface area contributed by atoms with Gasteiger partial charge in [-0.3, -0.25) is 4.79 Å². The van der Waals surface area contributed by atoms with Gasteiger partial charge in [0.05, 0.1) is 21.3 Å². The molecule has 22 heavy (non-hydrogen) atoms. The second kappa shape index (κ2) is 6.87. The van der Waals surface area contributed by atoms with E-state index in [4.69, 9.17) is 19.9 Å². The number of carbonyl (C=O) groups is 1. The van der Waals surface area contributed by atoms with E-state index in [1.165, 1.54) is 21.3 Å². The van der Waals surface area contributed by atoms with E-state index in [0.29, 0.717) is 41.8 Å². The second-order valence-electron chi connectivity index (χ2n) is 5.56. The van der Waals surface area contributed by atoms with Crippen LogP contribution in [0.2, 0.25) is 0 Å². The molecule has 6 heteroatoms. The van der Waals surface area contributed by atoms with Crippen LogP contribution < -0.4 is 19.9 Å². The molecule has 1 heterocycles. The molecule has 0 saturated carbocycles. The quantitative estimate of drug-likeness (QED) is 0.893. The molecule has 0 radical (unpaired) electrons. The van der Waals surface area contributed by atoms with Crippen LogP contribution in [-0.2, 0) is 0 Å². The Hall–Kier alpha value is -1.95. The molecule has 1 aromatic rings. The first-order valence-electron chi connectivity index (χ1n) is 7.36. The molecule has 2 atom stereocenters. The summed E-state index contributed by atoms with van der Waals surface area (Å²) in [6, 6.07) is 3.55. The number of nitrogens with two attached hydrogens (primary N) is 1. The smallest absolute Gasteiger partial charge is 0.254 e. The van der Waals surface area contributed by atoms with Gasteiger partial charge in [-0.25, -0.2) is 0 Å². The molecule has 1 fully saturated rings. The molecule has 2 rings (SSSR count). The Kier molecular flexibility index (Phi) is 5.13. The third-order valence-electron chi connectivity index (χ3n) is 4.17. The maximum absolute atomic E-state index is 12.8. The summed E-state index contributed by atoms with van der Waals surface area (Å²) in [5, 5.41) is 0. The monoisotopic (exact) mass is 308 g/mol. The molecule has 1 aromatic carbocycles. The SMILES string of the molecule is COc1cc(C(=O)N2CC(CN)CC2C)cc(OC)c1OC. The minimum absolute atomic E-state index is 0.0392. The number of ether oxygens (including phenoxy) is 3. The van der Waals surface area contributed by atoms with Crippen molar-refractivity contribution in [1.82, 2.24) is 4.90 Å². The molecule has 1 amide bonds. The molecule has 0 aliphatic carbocycles. The van der Waals surface area contributed by atoms with E-state index in [0.717, 1.165) is 6.42 Å². The Bertz CT molecular complexity index is 522. The van der Waals surface area contributed by atoms with Crippen LogP contribution in [0.4, 0.5) is 0 Å². The average molecular weight is 308 g/mol. The van der Waals surface area contributed by atoms with Gasteiger partial charge in [-0.15, -0.1) is 0 Å². The summed E-state index contributed by atoms with van der Waals surface area (Å²) in [5.41, 5.74) is 6.26. The molecule has 2 N–H and O–H groups in total. The molecule has 1 saturated heterocycles. The van der Waals surface area contributed by atoms with Crippen LogP contribution in [-0.4, -0.2) is 51.3 Å². The van der Waals surface area contributed by atoms with Crippen molar-refractivity contribution in [3.8, 4) is 17.2 Å². The predicted octanol–water partition coefficient (Wildman–Crippen LogP) is 1.52. The normalized spacial score (nSPS) is 20.9. The van der Waals surface area contributed by atoms with E-state index in [2.05, 4.69) is 0 Å². The fourth-order valence-corrected chi connectivity index (χ4v) is 2.97. The highest BCUT2D eigenvalue weighted by atomic mass is 16.5. The van der Waals surface area contributed by atoms with Crippen LogP contribution in [0.15, 0.2) is 12.1 Å². The van der Waals surface area contributed by atoms with Crippen LogP contribution in [0.3, 0.4) is 0 Å². The number of hydrogen-bond acceptors (Lipinski definition) is 5. The Morgan fingerprint density at radius 3 is 2.23 bits per heavy atom. The number of amides is 1. The first-order valence-corrected chi connectivity index (χ1v) is 7.36. The van der Waals surface area contributed by atoms with Crippen LogP contribution >= 0.6 is 0 Å². The summed E-state index contributed by atoms with van der Waals surface area (Å²) in [6.45, 7) is 3.34. The molecule has 0 spiro atoms. The Labute approximate surface area is 131 Å². The van der Waals surface area contributed by atoms with Crippen LogP contribution in [0.1, 0.15) is 23.7 Å². The van der Waals surface area contributed by atoms with Gasteiger partial charge in [0.25, 0.3) is 5.91 Å². The van der Waals surface area contributed by atoms with E-state index in [1.54, 1.807) is 12.1 Å². The van der Waals surface area contributed by atoms with Gasteiger partial charge in [-0.2, -0.15) is 0 Å². The van der Waals surface area contributed by atoms with Gasteiger partial charge >= 0.3 is 0 Å². The number of nitrogens with zero attached hydrogens (tertiary/aromatic N) is 1. The van der Waals surface area contributed by atoms with Gasteiger partial charge in [0, 0.05) is 18.2 Å². The number of hydrogen-bond donors (Lipinski definition) is 1. The van der Waals surface area contributed by atoms with Crippen molar-refractivity contribution < 1.29 is 19.0 Å². The van der Waals surface area contributed by atoms with Crippen molar-refractivity contribution in [2.75, 3.05) is 34.4 Å². The summed E-state index contributed by atoms with van der Waals surface area (Å²) < 4.78 is 15.9. The zero-order valence-electron chi connectivity index (χ0n) is 13.6. The molecule has 1 aliphatic rings. The Morgan fingerprint density at radius 2 is 1.82 bits per heavy atom. The zero-order valence-corrected chi connectivity index (χ0v) is 13.6. The van der Waals surface area contributed by atoms with Crippen molar-refractivity contribution >= 4 is 5.91 Å². The molecular weight excluding hydrogens is 284 g/mol. The highest BCUT2D eigenvalue weighted by Gasteiger charge is 2.32. The van der Waals surface area contributed by atoms with Gasteiger partial charge in [-0.05, 0) is 37.9 Å². The third-order valence-corrected chi connectivity index (χ3v) is 4.17. The maximum atomic E-state index is 12.8. The third kappa shape index (κ3) is 2.97. The summed E-state index contributed by atoms with van der Waals surface area (Å²) in [6.07, 6.45) is 0.937. The van der Waals surface area contributed by atoms with Crippen molar-refractivity contribution in [3.05, 3.63) is 17.7 Å². The largest absolute Gasteiger partial charge is 0.493 e. The Morgan fingerprint density at radius 1 is 1.23 bits per heavy atom. The molecular formula is C16H24N2O4. The molecule has 1 aliphatic heterocycles. The number of methoxy groups -OCH3 is 3. The molecule has 0 aromatic heterocycles. The molecule has 0 bridgehead atoms. The lowest BCUT2D eigenvalue weighted by Gasteiger charge is -2.22. The first kappa shape index (κ1) is 16.4. The molecule has 6 nitrogen and oxygen atoms in total. The summed E-state index contributed by atoms with van der Waals surface area (Å²) >= 11 is 0. The topological polar surface area (TPSA) is 74.0 Å². The van der Waals surface area contributed by atoms with Crippen molar-refractivity contribution in [3.63, 3.8) is 0 Å². The van der Waals surface area contributed by atoms with Gasteiger partial charge in [-0.1, -0.05) is 0 Å². The van der Waals surface area contributed by atoms with E-state index in [9.17, 15) is 4.79 Å².